The Morgan fingerprint density at radius 1 is 0.905 bits per heavy atom. The first-order valence-corrected chi connectivity index (χ1v) is 6.49. The van der Waals surface area contributed by atoms with Crippen LogP contribution in [0.5, 0.6) is 5.75 Å². The zero-order valence-electron chi connectivity index (χ0n) is 11.3. The van der Waals surface area contributed by atoms with E-state index in [1.807, 2.05) is 0 Å². The number of hydrogen-bond donors (Lipinski definition) is 0. The van der Waals surface area contributed by atoms with Crippen LogP contribution in [0.15, 0.2) is 60.7 Å². The van der Waals surface area contributed by atoms with Crippen molar-refractivity contribution in [2.45, 2.75) is 11.6 Å². The number of hydrogen-bond acceptors (Lipinski definition) is 1. The first kappa shape index (κ1) is 13.7. The number of benzene rings is 2. The van der Waals surface area contributed by atoms with Crippen molar-refractivity contribution in [1.29, 1.82) is 0 Å². The zero-order chi connectivity index (χ0) is 15.1. The minimum Gasteiger partial charge on any atom is -0.497 e. The third kappa shape index (κ3) is 2.11. The van der Waals surface area contributed by atoms with Crippen LogP contribution < -0.4 is 4.74 Å². The van der Waals surface area contributed by atoms with Crippen molar-refractivity contribution in [1.82, 2.24) is 0 Å². The molecule has 0 radical (unpaired) electrons. The lowest BCUT2D eigenvalue weighted by atomic mass is 9.87. The molecule has 1 aliphatic rings. The number of rotatable bonds is 3. The minimum atomic E-state index is -4.35. The number of methoxy groups -OCH3 is 1. The van der Waals surface area contributed by atoms with E-state index in [2.05, 4.69) is 0 Å². The number of halogens is 3. The van der Waals surface area contributed by atoms with Crippen molar-refractivity contribution in [2.75, 3.05) is 7.11 Å². The molecule has 0 heterocycles. The van der Waals surface area contributed by atoms with E-state index in [0.717, 1.165) is 0 Å². The fourth-order valence-electron chi connectivity index (χ4n) is 2.60. The van der Waals surface area contributed by atoms with Gasteiger partial charge in [0.15, 0.2) is 0 Å². The van der Waals surface area contributed by atoms with Crippen molar-refractivity contribution < 1.29 is 17.9 Å². The lowest BCUT2D eigenvalue weighted by molar-refractivity contribution is -0.151. The molecule has 0 saturated heterocycles. The van der Waals surface area contributed by atoms with Crippen molar-refractivity contribution in [3.63, 3.8) is 0 Å². The third-order valence-corrected chi connectivity index (χ3v) is 3.78. The summed E-state index contributed by atoms with van der Waals surface area (Å²) >= 11 is 0. The highest BCUT2D eigenvalue weighted by Crippen LogP contribution is 2.61. The first-order valence-electron chi connectivity index (χ1n) is 6.49. The van der Waals surface area contributed by atoms with E-state index in [-0.39, 0.29) is 5.56 Å². The second kappa shape index (κ2) is 4.65. The van der Waals surface area contributed by atoms with E-state index in [1.165, 1.54) is 25.3 Å². The van der Waals surface area contributed by atoms with Crippen LogP contribution >= 0.6 is 0 Å². The van der Waals surface area contributed by atoms with Gasteiger partial charge < -0.3 is 4.74 Å². The second-order valence-corrected chi connectivity index (χ2v) is 4.96. The quantitative estimate of drug-likeness (QED) is 0.803. The molecule has 108 valence electrons. The van der Waals surface area contributed by atoms with Crippen LogP contribution in [0.3, 0.4) is 0 Å². The molecule has 1 unspecified atom stereocenters. The summed E-state index contributed by atoms with van der Waals surface area (Å²) in [5.41, 5.74) is -0.846. The monoisotopic (exact) mass is 290 g/mol. The van der Waals surface area contributed by atoms with Crippen LogP contribution in [0.2, 0.25) is 0 Å². The summed E-state index contributed by atoms with van der Waals surface area (Å²) in [6, 6.07) is 14.7. The molecule has 2 aromatic carbocycles. The summed E-state index contributed by atoms with van der Waals surface area (Å²) in [5, 5.41) is 0. The van der Waals surface area contributed by atoms with Crippen LogP contribution in [-0.2, 0) is 5.41 Å². The van der Waals surface area contributed by atoms with Gasteiger partial charge in [-0.15, -0.1) is 0 Å². The fourth-order valence-corrected chi connectivity index (χ4v) is 2.60. The molecule has 0 spiro atoms. The highest BCUT2D eigenvalue weighted by atomic mass is 19.4. The fraction of sp³-hybridized carbons (Fsp3) is 0.176. The Hall–Kier alpha value is -2.23. The molecule has 21 heavy (non-hydrogen) atoms. The molecule has 0 aromatic heterocycles. The van der Waals surface area contributed by atoms with E-state index in [0.29, 0.717) is 16.9 Å². The Morgan fingerprint density at radius 2 is 1.52 bits per heavy atom. The largest absolute Gasteiger partial charge is 0.497 e. The van der Waals surface area contributed by atoms with Gasteiger partial charge in [-0.2, -0.15) is 13.2 Å². The van der Waals surface area contributed by atoms with E-state index in [1.54, 1.807) is 42.5 Å². The molecule has 0 fully saturated rings. The topological polar surface area (TPSA) is 9.23 Å². The highest BCUT2D eigenvalue weighted by molar-refractivity contribution is 5.92. The summed E-state index contributed by atoms with van der Waals surface area (Å²) < 4.78 is 45.9. The smallest absolute Gasteiger partial charge is 0.405 e. The van der Waals surface area contributed by atoms with Gasteiger partial charge in [-0.3, -0.25) is 0 Å². The Kier molecular flexibility index (Phi) is 3.04. The summed E-state index contributed by atoms with van der Waals surface area (Å²) in [4.78, 5) is 0. The van der Waals surface area contributed by atoms with Crippen LogP contribution in [-0.4, -0.2) is 13.3 Å². The summed E-state index contributed by atoms with van der Waals surface area (Å²) in [6.07, 6.45) is -3.07. The normalized spacial score (nSPS) is 20.9. The average molecular weight is 290 g/mol. The van der Waals surface area contributed by atoms with Crippen LogP contribution in [0, 0.1) is 0 Å². The number of allylic oxidation sites excluding steroid dienone is 2. The van der Waals surface area contributed by atoms with Crippen LogP contribution in [0.1, 0.15) is 11.1 Å². The molecule has 1 nitrogen and oxygen atoms in total. The third-order valence-electron chi connectivity index (χ3n) is 3.78. The van der Waals surface area contributed by atoms with Gasteiger partial charge in [0, 0.05) is 0 Å². The maximum Gasteiger partial charge on any atom is 0.405 e. The molecule has 4 heteroatoms. The van der Waals surface area contributed by atoms with E-state index in [4.69, 9.17) is 4.74 Å². The Morgan fingerprint density at radius 3 is 2.05 bits per heavy atom. The summed E-state index contributed by atoms with van der Waals surface area (Å²) in [5.74, 6) is 0.540. The van der Waals surface area contributed by atoms with Crippen molar-refractivity contribution in [3.05, 3.63) is 71.8 Å². The molecule has 0 bridgehead atoms. The average Bonchev–Trinajstić information content (AvgIpc) is 3.25. The van der Waals surface area contributed by atoms with Gasteiger partial charge in [0.2, 0.25) is 0 Å². The van der Waals surface area contributed by atoms with Crippen molar-refractivity contribution >= 4 is 5.57 Å². The maximum atomic E-state index is 13.6. The molecule has 1 atom stereocenters. The van der Waals surface area contributed by atoms with Gasteiger partial charge in [-0.05, 0) is 28.8 Å². The molecular formula is C17H13F3O. The van der Waals surface area contributed by atoms with Gasteiger partial charge >= 0.3 is 6.18 Å². The standard InChI is InChI=1S/C17H13F3O/c1-21-14-9-7-13(8-10-14)16(17(18,19)20)11-15(16)12-5-3-2-4-6-12/h2-11H,1H3. The number of alkyl halides is 3. The van der Waals surface area contributed by atoms with Crippen LogP contribution in [0.4, 0.5) is 13.2 Å². The predicted octanol–water partition coefficient (Wildman–Crippen LogP) is 4.59. The molecule has 0 aliphatic heterocycles. The molecule has 1 aliphatic carbocycles. The van der Waals surface area contributed by atoms with E-state index >= 15 is 0 Å². The van der Waals surface area contributed by atoms with Crippen LogP contribution in [0.25, 0.3) is 5.57 Å². The van der Waals surface area contributed by atoms with Gasteiger partial charge in [0.25, 0.3) is 0 Å². The number of ether oxygens (including phenoxy) is 1. The summed E-state index contributed by atoms with van der Waals surface area (Å²) in [7, 11) is 1.49. The molecule has 0 amide bonds. The Labute approximate surface area is 120 Å². The molecule has 0 N–H and O–H groups in total. The Bertz CT molecular complexity index is 671. The molecule has 2 aromatic rings. The van der Waals surface area contributed by atoms with Gasteiger partial charge in [0.05, 0.1) is 7.11 Å². The molecule has 0 saturated carbocycles. The second-order valence-electron chi connectivity index (χ2n) is 4.96. The van der Waals surface area contributed by atoms with E-state index < -0.39 is 11.6 Å². The first-order chi connectivity index (χ1) is 9.99. The molecular weight excluding hydrogens is 277 g/mol. The van der Waals surface area contributed by atoms with Gasteiger partial charge in [0.1, 0.15) is 11.2 Å². The van der Waals surface area contributed by atoms with Gasteiger partial charge in [-0.25, -0.2) is 0 Å². The van der Waals surface area contributed by atoms with Gasteiger partial charge in [-0.1, -0.05) is 48.5 Å². The molecule has 3 rings (SSSR count). The highest BCUT2D eigenvalue weighted by Gasteiger charge is 2.65. The minimum absolute atomic E-state index is 0.217. The van der Waals surface area contributed by atoms with E-state index in [9.17, 15) is 13.2 Å². The Balaban J connectivity index is 2.02. The predicted molar refractivity (Wildman–Crippen MR) is 75.1 cm³/mol. The maximum absolute atomic E-state index is 13.6. The van der Waals surface area contributed by atoms with Crippen molar-refractivity contribution in [2.24, 2.45) is 0 Å². The lowest BCUT2D eigenvalue weighted by Gasteiger charge is -2.23. The zero-order valence-corrected chi connectivity index (χ0v) is 11.3. The SMILES string of the molecule is COc1ccc(C2(C(F)(F)F)C=C2c2ccccc2)cc1. The summed E-state index contributed by atoms with van der Waals surface area (Å²) in [6.45, 7) is 0. The lowest BCUT2D eigenvalue weighted by Crippen LogP contribution is -2.31. The van der Waals surface area contributed by atoms with Crippen molar-refractivity contribution in [3.8, 4) is 5.75 Å².